The molecule has 6 nitrogen and oxygen atoms in total. The van der Waals surface area contributed by atoms with Crippen LogP contribution in [0.5, 0.6) is 0 Å². The number of amides is 1. The van der Waals surface area contributed by atoms with Gasteiger partial charge in [0.05, 0.1) is 11.3 Å². The second kappa shape index (κ2) is 9.17. The molecule has 0 aliphatic carbocycles. The summed E-state index contributed by atoms with van der Waals surface area (Å²) in [7, 11) is 1.95. The lowest BCUT2D eigenvalue weighted by Gasteiger charge is -2.32. The molecule has 0 bridgehead atoms. The second-order valence-electron chi connectivity index (χ2n) is 6.12. The minimum atomic E-state index is 0. The number of nitrogens with one attached hydrogen (secondary N) is 1. The van der Waals surface area contributed by atoms with Crippen molar-refractivity contribution in [2.75, 3.05) is 20.1 Å². The van der Waals surface area contributed by atoms with Crippen molar-refractivity contribution >= 4 is 30.7 Å². The number of aryl methyl sites for hydroxylation is 2. The molecule has 138 valence electrons. The first-order valence-electron chi connectivity index (χ1n) is 8.04. The molecule has 25 heavy (non-hydrogen) atoms. The summed E-state index contributed by atoms with van der Waals surface area (Å²) in [6.07, 6.45) is 3.81. The number of hydrogen-bond donors (Lipinski definition) is 1. The van der Waals surface area contributed by atoms with Gasteiger partial charge in [0.1, 0.15) is 0 Å². The standard InChI is InChI=1S/C17H23N5O.2ClH/c1-12-9-13(2)22(20-12)16-7-6-14(10-19-16)17(23)21-8-4-5-15(11-21)18-3;;/h6-7,9-10,15,18H,4-5,8,11H2,1-3H3;2*1H. The molecule has 0 spiro atoms. The Morgan fingerprint density at radius 2 is 2.04 bits per heavy atom. The number of likely N-dealkylation sites (N-methyl/N-ethyl adjacent to an activating group) is 1. The minimum absolute atomic E-state index is 0. The summed E-state index contributed by atoms with van der Waals surface area (Å²) in [6.45, 7) is 5.52. The van der Waals surface area contributed by atoms with Gasteiger partial charge < -0.3 is 10.2 Å². The number of carbonyl (C=O) groups is 1. The lowest BCUT2D eigenvalue weighted by molar-refractivity contribution is 0.0698. The molecular weight excluding hydrogens is 361 g/mol. The third-order valence-corrected chi connectivity index (χ3v) is 4.34. The van der Waals surface area contributed by atoms with Gasteiger partial charge in [0, 0.05) is 31.0 Å². The van der Waals surface area contributed by atoms with Crippen LogP contribution >= 0.6 is 24.8 Å². The predicted octanol–water partition coefficient (Wildman–Crippen LogP) is 2.55. The van der Waals surface area contributed by atoms with Crippen molar-refractivity contribution < 1.29 is 4.79 Å². The number of aromatic nitrogens is 3. The highest BCUT2D eigenvalue weighted by Gasteiger charge is 2.23. The van der Waals surface area contributed by atoms with Gasteiger partial charge >= 0.3 is 0 Å². The number of piperidine rings is 1. The molecule has 1 unspecified atom stereocenters. The number of carbonyl (C=O) groups excluding carboxylic acids is 1. The van der Waals surface area contributed by atoms with E-state index in [0.29, 0.717) is 11.6 Å². The summed E-state index contributed by atoms with van der Waals surface area (Å²) in [5, 5.41) is 7.67. The van der Waals surface area contributed by atoms with Crippen molar-refractivity contribution in [2.45, 2.75) is 32.7 Å². The van der Waals surface area contributed by atoms with E-state index in [4.69, 9.17) is 0 Å². The van der Waals surface area contributed by atoms with Crippen LogP contribution in [0.4, 0.5) is 0 Å². The minimum Gasteiger partial charge on any atom is -0.337 e. The van der Waals surface area contributed by atoms with Crippen LogP contribution in [0.3, 0.4) is 0 Å². The van der Waals surface area contributed by atoms with E-state index in [2.05, 4.69) is 15.4 Å². The normalized spacial score (nSPS) is 16.8. The van der Waals surface area contributed by atoms with Gasteiger partial charge in [0.2, 0.25) is 0 Å². The zero-order valence-corrected chi connectivity index (χ0v) is 16.4. The van der Waals surface area contributed by atoms with E-state index in [1.807, 2.05) is 44.0 Å². The molecule has 1 aliphatic heterocycles. The molecule has 0 saturated carbocycles. The van der Waals surface area contributed by atoms with Gasteiger partial charge in [0.15, 0.2) is 5.82 Å². The van der Waals surface area contributed by atoms with E-state index in [1.54, 1.807) is 10.9 Å². The molecule has 0 aromatic carbocycles. The number of pyridine rings is 1. The quantitative estimate of drug-likeness (QED) is 0.881. The van der Waals surface area contributed by atoms with E-state index < -0.39 is 0 Å². The van der Waals surface area contributed by atoms with Crippen molar-refractivity contribution in [2.24, 2.45) is 0 Å². The predicted molar refractivity (Wildman–Crippen MR) is 103 cm³/mol. The average molecular weight is 386 g/mol. The molecule has 2 aromatic rings. The first-order valence-corrected chi connectivity index (χ1v) is 8.04. The summed E-state index contributed by atoms with van der Waals surface area (Å²) < 4.78 is 1.79. The van der Waals surface area contributed by atoms with Crippen LogP contribution in [0.1, 0.15) is 34.6 Å². The van der Waals surface area contributed by atoms with Gasteiger partial charge in [-0.3, -0.25) is 4.79 Å². The molecule has 1 fully saturated rings. The first-order chi connectivity index (χ1) is 11.1. The van der Waals surface area contributed by atoms with Gasteiger partial charge in [-0.05, 0) is 51.9 Å². The molecule has 1 aliphatic rings. The fourth-order valence-corrected chi connectivity index (χ4v) is 3.08. The van der Waals surface area contributed by atoms with Gasteiger partial charge in [-0.1, -0.05) is 0 Å². The fraction of sp³-hybridized carbons (Fsp3) is 0.471. The molecule has 1 N–H and O–H groups in total. The molecule has 2 aromatic heterocycles. The van der Waals surface area contributed by atoms with Crippen LogP contribution in [-0.2, 0) is 0 Å². The number of halogens is 2. The molecular formula is C17H25Cl2N5O. The number of rotatable bonds is 3. The van der Waals surface area contributed by atoms with Crippen LogP contribution in [0.15, 0.2) is 24.4 Å². The Morgan fingerprint density at radius 1 is 1.28 bits per heavy atom. The average Bonchev–Trinajstić information content (AvgIpc) is 2.93. The molecule has 0 radical (unpaired) electrons. The number of hydrogen-bond acceptors (Lipinski definition) is 4. The van der Waals surface area contributed by atoms with Crippen molar-refractivity contribution in [3.05, 3.63) is 41.3 Å². The Labute approximate surface area is 160 Å². The van der Waals surface area contributed by atoms with Crippen LogP contribution in [-0.4, -0.2) is 51.8 Å². The third-order valence-electron chi connectivity index (χ3n) is 4.34. The molecule has 1 atom stereocenters. The number of likely N-dealkylation sites (tertiary alicyclic amines) is 1. The Hall–Kier alpha value is -1.63. The first kappa shape index (κ1) is 21.4. The fourth-order valence-electron chi connectivity index (χ4n) is 3.08. The van der Waals surface area contributed by atoms with Crippen LogP contribution in [0.2, 0.25) is 0 Å². The Morgan fingerprint density at radius 3 is 2.60 bits per heavy atom. The van der Waals surface area contributed by atoms with Crippen molar-refractivity contribution in [1.29, 1.82) is 0 Å². The summed E-state index contributed by atoms with van der Waals surface area (Å²) in [5.74, 6) is 0.788. The van der Waals surface area contributed by atoms with E-state index in [0.717, 1.165) is 43.1 Å². The summed E-state index contributed by atoms with van der Waals surface area (Å²) in [6, 6.07) is 6.08. The highest BCUT2D eigenvalue weighted by atomic mass is 35.5. The van der Waals surface area contributed by atoms with Crippen molar-refractivity contribution in [1.82, 2.24) is 25.0 Å². The maximum Gasteiger partial charge on any atom is 0.255 e. The molecule has 1 amide bonds. The Balaban J connectivity index is 0.00000156. The summed E-state index contributed by atoms with van der Waals surface area (Å²) >= 11 is 0. The summed E-state index contributed by atoms with van der Waals surface area (Å²) in [4.78, 5) is 18.9. The Bertz CT molecular complexity index is 702. The topological polar surface area (TPSA) is 63.1 Å². The Kier molecular flexibility index (Phi) is 7.86. The highest BCUT2D eigenvalue weighted by Crippen LogP contribution is 2.15. The largest absolute Gasteiger partial charge is 0.337 e. The zero-order valence-electron chi connectivity index (χ0n) is 14.7. The van der Waals surface area contributed by atoms with Gasteiger partial charge in [-0.25, -0.2) is 9.67 Å². The molecule has 8 heteroatoms. The van der Waals surface area contributed by atoms with Crippen molar-refractivity contribution in [3.63, 3.8) is 0 Å². The van der Waals surface area contributed by atoms with Gasteiger partial charge in [-0.2, -0.15) is 5.10 Å². The van der Waals surface area contributed by atoms with E-state index in [9.17, 15) is 4.79 Å². The lowest BCUT2D eigenvalue weighted by atomic mass is 10.1. The van der Waals surface area contributed by atoms with Crippen LogP contribution < -0.4 is 5.32 Å². The highest BCUT2D eigenvalue weighted by molar-refractivity contribution is 5.94. The van der Waals surface area contributed by atoms with E-state index in [-0.39, 0.29) is 30.7 Å². The molecule has 3 rings (SSSR count). The zero-order chi connectivity index (χ0) is 16.4. The number of nitrogens with zero attached hydrogens (tertiary/aromatic N) is 4. The van der Waals surface area contributed by atoms with E-state index in [1.165, 1.54) is 0 Å². The monoisotopic (exact) mass is 385 g/mol. The van der Waals surface area contributed by atoms with E-state index >= 15 is 0 Å². The second-order valence-corrected chi connectivity index (χ2v) is 6.12. The maximum atomic E-state index is 12.6. The smallest absolute Gasteiger partial charge is 0.255 e. The van der Waals surface area contributed by atoms with Gasteiger partial charge in [0.25, 0.3) is 5.91 Å². The molecule has 1 saturated heterocycles. The third kappa shape index (κ3) is 4.71. The van der Waals surface area contributed by atoms with Crippen molar-refractivity contribution in [3.8, 4) is 5.82 Å². The molecule has 3 heterocycles. The SMILES string of the molecule is CNC1CCCN(C(=O)c2ccc(-n3nc(C)cc3C)nc2)C1.Cl.Cl. The van der Waals surface area contributed by atoms with Gasteiger partial charge in [-0.15, -0.1) is 24.8 Å². The lowest BCUT2D eigenvalue weighted by Crippen LogP contribution is -2.46. The van der Waals surface area contributed by atoms with Crippen LogP contribution in [0, 0.1) is 13.8 Å². The summed E-state index contributed by atoms with van der Waals surface area (Å²) in [5.41, 5.74) is 2.62. The van der Waals surface area contributed by atoms with Crippen LogP contribution in [0.25, 0.3) is 5.82 Å². The maximum absolute atomic E-state index is 12.6.